The molecule has 0 aliphatic heterocycles. The second kappa shape index (κ2) is 5.34. The first-order valence-electron chi connectivity index (χ1n) is 5.63. The highest BCUT2D eigenvalue weighted by Gasteiger charge is 2.12. The van der Waals surface area contributed by atoms with Crippen LogP contribution in [0.2, 0.25) is 0 Å². The van der Waals surface area contributed by atoms with Gasteiger partial charge in [-0.25, -0.2) is 4.98 Å². The molecule has 1 atom stereocenters. The Balaban J connectivity index is 2.05. The van der Waals surface area contributed by atoms with Gasteiger partial charge in [-0.05, 0) is 19.1 Å². The zero-order valence-corrected chi connectivity index (χ0v) is 10.2. The van der Waals surface area contributed by atoms with Crippen LogP contribution in [0, 0.1) is 0 Å². The minimum Gasteiger partial charge on any atom is -0.480 e. The summed E-state index contributed by atoms with van der Waals surface area (Å²) < 4.78 is 5.38. The highest BCUT2D eigenvalue weighted by atomic mass is 16.4. The Morgan fingerprint density at radius 1 is 1.42 bits per heavy atom. The Morgan fingerprint density at radius 3 is 2.84 bits per heavy atom. The maximum Gasteiger partial charge on any atom is 0.325 e. The second-order valence-corrected chi connectivity index (χ2v) is 3.92. The van der Waals surface area contributed by atoms with Gasteiger partial charge in [0.2, 0.25) is 11.8 Å². The molecule has 98 valence electrons. The summed E-state index contributed by atoms with van der Waals surface area (Å²) in [5, 5.41) is 10.9. The van der Waals surface area contributed by atoms with Crippen LogP contribution in [-0.4, -0.2) is 28.0 Å². The van der Waals surface area contributed by atoms with Crippen molar-refractivity contribution in [1.29, 1.82) is 0 Å². The monoisotopic (exact) mass is 260 g/mol. The largest absolute Gasteiger partial charge is 0.480 e. The zero-order valence-electron chi connectivity index (χ0n) is 10.2. The molecule has 1 amide bonds. The van der Waals surface area contributed by atoms with E-state index >= 15 is 0 Å². The third kappa shape index (κ3) is 3.19. The molecule has 0 radical (unpaired) electrons. The van der Waals surface area contributed by atoms with Gasteiger partial charge in [0, 0.05) is 12.2 Å². The number of para-hydroxylation sites is 2. The van der Waals surface area contributed by atoms with Crippen molar-refractivity contribution < 1.29 is 19.1 Å². The molecule has 6 heteroatoms. The van der Waals surface area contributed by atoms with E-state index in [0.717, 1.165) is 0 Å². The first kappa shape index (κ1) is 12.8. The van der Waals surface area contributed by atoms with E-state index in [1.165, 1.54) is 19.1 Å². The van der Waals surface area contributed by atoms with Gasteiger partial charge in [0.1, 0.15) is 11.6 Å². The summed E-state index contributed by atoms with van der Waals surface area (Å²) in [4.78, 5) is 26.1. The molecule has 1 heterocycles. The Morgan fingerprint density at radius 2 is 2.16 bits per heavy atom. The quantitative estimate of drug-likeness (QED) is 0.811. The van der Waals surface area contributed by atoms with Gasteiger partial charge >= 0.3 is 5.97 Å². The van der Waals surface area contributed by atoms with E-state index in [-0.39, 0.29) is 0 Å². The Labute approximate surface area is 108 Å². The highest BCUT2D eigenvalue weighted by Crippen LogP contribution is 2.15. The molecule has 2 aromatic rings. The normalized spacial score (nSPS) is 12.7. The number of hydrogen-bond donors (Lipinski definition) is 2. The molecule has 0 fully saturated rings. The van der Waals surface area contributed by atoms with Gasteiger partial charge in [-0.1, -0.05) is 12.1 Å². The molecule has 0 aliphatic rings. The fourth-order valence-corrected chi connectivity index (χ4v) is 1.43. The van der Waals surface area contributed by atoms with Gasteiger partial charge in [-0.15, -0.1) is 0 Å². The molecular formula is C13H12N2O4. The molecule has 0 bridgehead atoms. The number of carbonyl (C=O) groups excluding carboxylic acids is 1. The van der Waals surface area contributed by atoms with Crippen LogP contribution in [0.3, 0.4) is 0 Å². The molecule has 1 aromatic carbocycles. The number of oxazole rings is 1. The Kier molecular flexibility index (Phi) is 3.61. The zero-order chi connectivity index (χ0) is 13.8. The average Bonchev–Trinajstić information content (AvgIpc) is 2.78. The van der Waals surface area contributed by atoms with Crippen molar-refractivity contribution in [3.63, 3.8) is 0 Å². The van der Waals surface area contributed by atoms with Crippen molar-refractivity contribution in [2.45, 2.75) is 13.0 Å². The van der Waals surface area contributed by atoms with Gasteiger partial charge in [0.05, 0.1) is 0 Å². The van der Waals surface area contributed by atoms with Gasteiger partial charge in [0.25, 0.3) is 0 Å². The number of hydrogen-bond acceptors (Lipinski definition) is 4. The lowest BCUT2D eigenvalue weighted by atomic mass is 10.3. The summed E-state index contributed by atoms with van der Waals surface area (Å²) in [6.45, 7) is 1.38. The van der Waals surface area contributed by atoms with Crippen molar-refractivity contribution in [3.05, 3.63) is 36.2 Å². The Bertz CT molecular complexity index is 612. The van der Waals surface area contributed by atoms with E-state index in [1.807, 2.05) is 12.1 Å². The van der Waals surface area contributed by atoms with E-state index < -0.39 is 17.9 Å². The number of amides is 1. The third-order valence-corrected chi connectivity index (χ3v) is 2.42. The van der Waals surface area contributed by atoms with Crippen LogP contribution in [0.25, 0.3) is 17.2 Å². The van der Waals surface area contributed by atoms with E-state index in [9.17, 15) is 9.59 Å². The number of nitrogens with zero attached hydrogens (tertiary/aromatic N) is 1. The number of rotatable bonds is 4. The predicted octanol–water partition coefficient (Wildman–Crippen LogP) is 1.43. The first-order valence-corrected chi connectivity index (χ1v) is 5.63. The fourth-order valence-electron chi connectivity index (χ4n) is 1.43. The smallest absolute Gasteiger partial charge is 0.325 e. The summed E-state index contributed by atoms with van der Waals surface area (Å²) in [7, 11) is 0. The summed E-state index contributed by atoms with van der Waals surface area (Å²) in [5.41, 5.74) is 1.32. The number of fused-ring (bicyclic) bond motifs is 1. The molecule has 1 aromatic heterocycles. The molecule has 1 unspecified atom stereocenters. The van der Waals surface area contributed by atoms with E-state index in [2.05, 4.69) is 10.3 Å². The lowest BCUT2D eigenvalue weighted by molar-refractivity contribution is -0.140. The van der Waals surface area contributed by atoms with Crippen LogP contribution in [0.15, 0.2) is 34.8 Å². The fraction of sp³-hybridized carbons (Fsp3) is 0.154. The molecule has 0 saturated heterocycles. The average molecular weight is 260 g/mol. The maximum absolute atomic E-state index is 11.4. The molecule has 0 saturated carbocycles. The Hall–Kier alpha value is -2.63. The number of nitrogens with one attached hydrogen (secondary N) is 1. The van der Waals surface area contributed by atoms with Gasteiger partial charge in [-0.3, -0.25) is 9.59 Å². The number of carboxylic acids is 1. The van der Waals surface area contributed by atoms with Crippen LogP contribution in [0.5, 0.6) is 0 Å². The molecule has 6 nitrogen and oxygen atoms in total. The predicted molar refractivity (Wildman–Crippen MR) is 68.3 cm³/mol. The summed E-state index contributed by atoms with van der Waals surface area (Å²) >= 11 is 0. The van der Waals surface area contributed by atoms with Crippen LogP contribution in [-0.2, 0) is 9.59 Å². The number of aliphatic carboxylic acids is 1. The van der Waals surface area contributed by atoms with Crippen LogP contribution in [0.4, 0.5) is 0 Å². The minimum atomic E-state index is -1.09. The first-order chi connectivity index (χ1) is 9.06. The van der Waals surface area contributed by atoms with Gasteiger partial charge < -0.3 is 14.8 Å². The molecule has 19 heavy (non-hydrogen) atoms. The van der Waals surface area contributed by atoms with Crippen molar-refractivity contribution in [2.75, 3.05) is 0 Å². The third-order valence-electron chi connectivity index (χ3n) is 2.42. The number of aromatic nitrogens is 1. The summed E-state index contributed by atoms with van der Waals surface area (Å²) in [6.07, 6.45) is 2.58. The van der Waals surface area contributed by atoms with Crippen LogP contribution in [0.1, 0.15) is 12.8 Å². The van der Waals surface area contributed by atoms with E-state index in [4.69, 9.17) is 9.52 Å². The standard InChI is InChI=1S/C13H12N2O4/c1-8(13(17)18)14-11(16)6-7-12-15-9-4-2-3-5-10(9)19-12/h2-8H,1H3,(H,14,16)(H,17,18)/b7-6+. The second-order valence-electron chi connectivity index (χ2n) is 3.92. The number of benzene rings is 1. The van der Waals surface area contributed by atoms with Gasteiger partial charge in [0.15, 0.2) is 5.58 Å². The van der Waals surface area contributed by atoms with Crippen molar-refractivity contribution >= 4 is 29.1 Å². The maximum atomic E-state index is 11.4. The van der Waals surface area contributed by atoms with E-state index in [0.29, 0.717) is 17.0 Å². The number of carbonyl (C=O) groups is 2. The number of carboxylic acid groups (broad SMARTS) is 1. The summed E-state index contributed by atoms with van der Waals surface area (Å²) in [5.74, 6) is -1.32. The SMILES string of the molecule is CC(NC(=O)/C=C/c1nc2ccccc2o1)C(=O)O. The molecular weight excluding hydrogens is 248 g/mol. The molecule has 0 aliphatic carbocycles. The van der Waals surface area contributed by atoms with E-state index in [1.54, 1.807) is 12.1 Å². The molecule has 2 N–H and O–H groups in total. The molecule has 2 rings (SSSR count). The lowest BCUT2D eigenvalue weighted by Gasteiger charge is -2.05. The minimum absolute atomic E-state index is 0.291. The van der Waals surface area contributed by atoms with Crippen molar-refractivity contribution in [1.82, 2.24) is 10.3 Å². The summed E-state index contributed by atoms with van der Waals surface area (Å²) in [6, 6.07) is 6.28. The topological polar surface area (TPSA) is 92.4 Å². The van der Waals surface area contributed by atoms with Crippen LogP contribution < -0.4 is 5.32 Å². The van der Waals surface area contributed by atoms with Crippen LogP contribution >= 0.6 is 0 Å². The van der Waals surface area contributed by atoms with Crippen molar-refractivity contribution in [3.8, 4) is 0 Å². The van der Waals surface area contributed by atoms with Gasteiger partial charge in [-0.2, -0.15) is 0 Å². The highest BCUT2D eigenvalue weighted by molar-refractivity contribution is 5.94. The molecule has 0 spiro atoms. The lowest BCUT2D eigenvalue weighted by Crippen LogP contribution is -2.37. The van der Waals surface area contributed by atoms with Crippen molar-refractivity contribution in [2.24, 2.45) is 0 Å².